The number of anilines is 2. The van der Waals surface area contributed by atoms with Crippen molar-refractivity contribution in [2.45, 2.75) is 12.1 Å². The van der Waals surface area contributed by atoms with Gasteiger partial charge in [-0.2, -0.15) is 0 Å². The smallest absolute Gasteiger partial charge is 0.269 e. The monoisotopic (exact) mass is 415 g/mol. The highest BCUT2D eigenvalue weighted by molar-refractivity contribution is 6.23. The summed E-state index contributed by atoms with van der Waals surface area (Å²) in [6, 6.07) is 23.2. The quantitative estimate of drug-likeness (QED) is 0.367. The molecule has 5 rings (SSSR count). The van der Waals surface area contributed by atoms with Gasteiger partial charge in [0.15, 0.2) is 6.10 Å². The van der Waals surface area contributed by atoms with Gasteiger partial charge < -0.3 is 0 Å². The van der Waals surface area contributed by atoms with Crippen LogP contribution in [-0.2, 0) is 14.4 Å². The minimum Gasteiger partial charge on any atom is -0.273 e. The lowest BCUT2D eigenvalue weighted by atomic mass is 9.90. The molecule has 0 bridgehead atoms. The fourth-order valence-electron chi connectivity index (χ4n) is 4.21. The van der Waals surface area contributed by atoms with E-state index in [1.54, 1.807) is 54.6 Å². The number of carbonyl (C=O) groups is 2. The molecule has 31 heavy (non-hydrogen) atoms. The molecule has 0 aliphatic carbocycles. The maximum Gasteiger partial charge on any atom is 0.269 e. The second-order valence-electron chi connectivity index (χ2n) is 7.36. The molecule has 0 saturated carbocycles. The molecule has 0 aromatic heterocycles. The largest absolute Gasteiger partial charge is 0.273 e. The van der Waals surface area contributed by atoms with Gasteiger partial charge in [-0.1, -0.05) is 48.5 Å². The molecular weight excluding hydrogens is 398 g/mol. The summed E-state index contributed by atoms with van der Waals surface area (Å²) in [7, 11) is 0. The third-order valence-electron chi connectivity index (χ3n) is 5.56. The highest BCUT2D eigenvalue weighted by atomic mass is 16.7. The number of carbonyl (C=O) groups excluding carboxylic acids is 2. The molecule has 0 spiro atoms. The van der Waals surface area contributed by atoms with Crippen LogP contribution in [0, 0.1) is 16.0 Å². The van der Waals surface area contributed by atoms with Crippen LogP contribution in [0.3, 0.4) is 0 Å². The predicted octanol–water partition coefficient (Wildman–Crippen LogP) is 3.65. The van der Waals surface area contributed by atoms with Crippen LogP contribution in [0.2, 0.25) is 0 Å². The Bertz CT molecular complexity index is 1170. The number of benzene rings is 3. The van der Waals surface area contributed by atoms with E-state index in [2.05, 4.69) is 0 Å². The third-order valence-corrected chi connectivity index (χ3v) is 5.56. The number of hydrogen-bond donors (Lipinski definition) is 0. The Morgan fingerprint density at radius 2 is 1.45 bits per heavy atom. The molecule has 0 radical (unpaired) electrons. The summed E-state index contributed by atoms with van der Waals surface area (Å²) in [5.74, 6) is -1.68. The minimum atomic E-state index is -1.02. The van der Waals surface area contributed by atoms with Crippen molar-refractivity contribution in [2.24, 2.45) is 5.92 Å². The normalized spacial score (nSPS) is 22.6. The maximum absolute atomic E-state index is 13.4. The van der Waals surface area contributed by atoms with E-state index in [0.29, 0.717) is 16.9 Å². The Morgan fingerprint density at radius 3 is 2.10 bits per heavy atom. The standard InChI is InChI=1S/C23H17N3O5/c27-22-19-20(15-8-7-13-18(14-15)26(29)30)25(17-11-5-2-6-12-17)31-21(19)23(28)24(22)16-9-3-1-4-10-16/h1-14,19-21H/t19-,20+,21-/m0/s1. The van der Waals surface area contributed by atoms with Crippen molar-refractivity contribution in [1.29, 1.82) is 0 Å². The number of rotatable bonds is 4. The summed E-state index contributed by atoms with van der Waals surface area (Å²) >= 11 is 0. The first-order valence-corrected chi connectivity index (χ1v) is 9.74. The number of amides is 2. The van der Waals surface area contributed by atoms with Crippen molar-refractivity contribution in [3.05, 3.63) is 101 Å². The number of hydrogen-bond acceptors (Lipinski definition) is 6. The average molecular weight is 415 g/mol. The summed E-state index contributed by atoms with van der Waals surface area (Å²) in [5, 5.41) is 12.9. The zero-order chi connectivity index (χ0) is 21.5. The second kappa shape index (κ2) is 7.33. The first kappa shape index (κ1) is 19.0. The van der Waals surface area contributed by atoms with Gasteiger partial charge in [-0.05, 0) is 29.8 Å². The summed E-state index contributed by atoms with van der Waals surface area (Å²) in [6.45, 7) is 0. The molecule has 8 nitrogen and oxygen atoms in total. The van der Waals surface area contributed by atoms with Crippen molar-refractivity contribution in [2.75, 3.05) is 9.96 Å². The number of fused-ring (bicyclic) bond motifs is 1. The highest BCUT2D eigenvalue weighted by Crippen LogP contribution is 2.47. The molecule has 8 heteroatoms. The Balaban J connectivity index is 1.61. The Labute approximate surface area is 177 Å². The van der Waals surface area contributed by atoms with Crippen LogP contribution in [0.4, 0.5) is 17.1 Å². The number of non-ortho nitro benzene ring substituents is 1. The molecule has 3 atom stereocenters. The Hall–Kier alpha value is -4.04. The van der Waals surface area contributed by atoms with Crippen LogP contribution < -0.4 is 9.96 Å². The van der Waals surface area contributed by atoms with Crippen molar-refractivity contribution in [3.63, 3.8) is 0 Å². The molecule has 2 aliphatic rings. The number of nitrogens with zero attached hydrogens (tertiary/aromatic N) is 3. The van der Waals surface area contributed by atoms with E-state index in [1.807, 2.05) is 18.2 Å². The van der Waals surface area contributed by atoms with Crippen LogP contribution in [0.1, 0.15) is 11.6 Å². The Kier molecular flexibility index (Phi) is 4.48. The summed E-state index contributed by atoms with van der Waals surface area (Å²) in [4.78, 5) is 44.6. The van der Waals surface area contributed by atoms with Gasteiger partial charge in [-0.15, -0.1) is 0 Å². The first-order valence-electron chi connectivity index (χ1n) is 9.74. The van der Waals surface area contributed by atoms with E-state index >= 15 is 0 Å². The van der Waals surface area contributed by atoms with Crippen molar-refractivity contribution in [3.8, 4) is 0 Å². The van der Waals surface area contributed by atoms with E-state index in [4.69, 9.17) is 4.84 Å². The number of hydroxylamine groups is 1. The van der Waals surface area contributed by atoms with Gasteiger partial charge >= 0.3 is 0 Å². The highest BCUT2D eigenvalue weighted by Gasteiger charge is 2.60. The van der Waals surface area contributed by atoms with Crippen molar-refractivity contribution in [1.82, 2.24) is 0 Å². The van der Waals surface area contributed by atoms with Crippen LogP contribution in [-0.4, -0.2) is 22.8 Å². The number of para-hydroxylation sites is 2. The van der Waals surface area contributed by atoms with E-state index in [9.17, 15) is 19.7 Å². The summed E-state index contributed by atoms with van der Waals surface area (Å²) < 4.78 is 0. The lowest BCUT2D eigenvalue weighted by Gasteiger charge is -2.28. The molecule has 154 valence electrons. The average Bonchev–Trinajstić information content (AvgIpc) is 3.31. The zero-order valence-electron chi connectivity index (χ0n) is 16.2. The Morgan fingerprint density at radius 1 is 0.806 bits per heavy atom. The van der Waals surface area contributed by atoms with Gasteiger partial charge in [0.25, 0.3) is 11.6 Å². The topological polar surface area (TPSA) is 93.0 Å². The van der Waals surface area contributed by atoms with Gasteiger partial charge in [0.05, 0.1) is 22.3 Å². The molecular formula is C23H17N3O5. The lowest BCUT2D eigenvalue weighted by molar-refractivity contribution is -0.384. The first-order chi connectivity index (χ1) is 15.1. The fourth-order valence-corrected chi connectivity index (χ4v) is 4.21. The second-order valence-corrected chi connectivity index (χ2v) is 7.36. The van der Waals surface area contributed by atoms with Crippen LogP contribution >= 0.6 is 0 Å². The minimum absolute atomic E-state index is 0.0920. The molecule has 3 aromatic rings. The molecule has 2 amide bonds. The SMILES string of the molecule is O=C1[C@@H]2[C@H](ON(c3ccccc3)[C@@H]2c2cccc([N+](=O)[O-])c2)C(=O)N1c1ccccc1. The number of imide groups is 1. The van der Waals surface area contributed by atoms with Gasteiger partial charge in [0.1, 0.15) is 5.92 Å². The molecule has 2 saturated heterocycles. The van der Waals surface area contributed by atoms with E-state index in [0.717, 1.165) is 4.90 Å². The van der Waals surface area contributed by atoms with E-state index in [-0.39, 0.29) is 5.69 Å². The summed E-state index contributed by atoms with van der Waals surface area (Å²) in [6.07, 6.45) is -1.02. The van der Waals surface area contributed by atoms with E-state index in [1.165, 1.54) is 17.2 Å². The molecule has 2 heterocycles. The molecule has 2 aliphatic heterocycles. The zero-order valence-corrected chi connectivity index (χ0v) is 16.2. The van der Waals surface area contributed by atoms with Crippen LogP contribution in [0.15, 0.2) is 84.9 Å². The molecule has 2 fully saturated rings. The van der Waals surface area contributed by atoms with Gasteiger partial charge in [0.2, 0.25) is 5.91 Å². The number of nitro groups is 1. The maximum atomic E-state index is 13.4. The third kappa shape index (κ3) is 3.04. The van der Waals surface area contributed by atoms with Crippen molar-refractivity contribution < 1.29 is 19.3 Å². The van der Waals surface area contributed by atoms with Gasteiger partial charge in [-0.3, -0.25) is 24.5 Å². The van der Waals surface area contributed by atoms with Gasteiger partial charge in [0, 0.05) is 12.1 Å². The summed E-state index contributed by atoms with van der Waals surface area (Å²) in [5.41, 5.74) is 1.56. The molecule has 3 aromatic carbocycles. The fraction of sp³-hybridized carbons (Fsp3) is 0.130. The number of nitro benzene ring substituents is 1. The van der Waals surface area contributed by atoms with Crippen LogP contribution in [0.5, 0.6) is 0 Å². The predicted molar refractivity (Wildman–Crippen MR) is 112 cm³/mol. The van der Waals surface area contributed by atoms with Crippen molar-refractivity contribution >= 4 is 28.9 Å². The van der Waals surface area contributed by atoms with Crippen LogP contribution in [0.25, 0.3) is 0 Å². The molecule has 0 N–H and O–H groups in total. The molecule has 0 unspecified atom stereocenters. The van der Waals surface area contributed by atoms with E-state index < -0.39 is 34.8 Å². The lowest BCUT2D eigenvalue weighted by Crippen LogP contribution is -2.37. The van der Waals surface area contributed by atoms with Gasteiger partial charge in [-0.25, -0.2) is 9.96 Å².